The van der Waals surface area contributed by atoms with Crippen molar-refractivity contribution in [3.8, 4) is 5.75 Å². The Morgan fingerprint density at radius 3 is 2.50 bits per heavy atom. The number of carbonyl (C=O) groups is 2. The molecule has 0 bridgehead atoms. The highest BCUT2D eigenvalue weighted by Gasteiger charge is 2.05. The first-order valence-electron chi connectivity index (χ1n) is 9.09. The zero-order valence-corrected chi connectivity index (χ0v) is 16.3. The maximum atomic E-state index is 11.9. The third-order valence-corrected chi connectivity index (χ3v) is 3.63. The van der Waals surface area contributed by atoms with Crippen LogP contribution in [0.1, 0.15) is 5.56 Å². The lowest BCUT2D eigenvalue weighted by Gasteiger charge is -2.11. The van der Waals surface area contributed by atoms with Gasteiger partial charge in [-0.2, -0.15) is 0 Å². The standard InChI is InChI=1S/C21H27N3O4/c1-24(2)15-20(25)23-18-8-6-7-17(13-18)14-22-21(26)16-27-11-12-28-19-9-4-3-5-10-19/h3-10,13H,11-12,14-16H2,1-2H3,(H,22,26)(H,23,25). The zero-order chi connectivity index (χ0) is 20.2. The molecule has 2 rings (SSSR count). The molecule has 0 saturated carbocycles. The van der Waals surface area contributed by atoms with E-state index in [4.69, 9.17) is 9.47 Å². The van der Waals surface area contributed by atoms with Gasteiger partial charge < -0.3 is 25.0 Å². The van der Waals surface area contributed by atoms with E-state index >= 15 is 0 Å². The molecular formula is C21H27N3O4. The SMILES string of the molecule is CN(C)CC(=O)Nc1cccc(CNC(=O)COCCOc2ccccc2)c1. The van der Waals surface area contributed by atoms with Gasteiger partial charge in [0.15, 0.2) is 0 Å². The number of amides is 2. The van der Waals surface area contributed by atoms with Crippen LogP contribution in [0.4, 0.5) is 5.69 Å². The molecule has 0 aromatic heterocycles. The molecular weight excluding hydrogens is 358 g/mol. The number of benzene rings is 2. The first-order valence-corrected chi connectivity index (χ1v) is 9.09. The Kier molecular flexibility index (Phi) is 8.97. The minimum atomic E-state index is -0.207. The fraction of sp³-hybridized carbons (Fsp3) is 0.333. The van der Waals surface area contributed by atoms with Crippen LogP contribution in [0.3, 0.4) is 0 Å². The van der Waals surface area contributed by atoms with Gasteiger partial charge in [-0.15, -0.1) is 0 Å². The van der Waals surface area contributed by atoms with Gasteiger partial charge in [0.25, 0.3) is 0 Å². The average molecular weight is 385 g/mol. The molecule has 0 aliphatic rings. The van der Waals surface area contributed by atoms with Crippen molar-refractivity contribution >= 4 is 17.5 Å². The zero-order valence-electron chi connectivity index (χ0n) is 16.3. The van der Waals surface area contributed by atoms with E-state index in [9.17, 15) is 9.59 Å². The second-order valence-corrected chi connectivity index (χ2v) is 6.48. The second kappa shape index (κ2) is 11.7. The Bertz CT molecular complexity index is 750. The number of carbonyl (C=O) groups excluding carboxylic acids is 2. The highest BCUT2D eigenvalue weighted by atomic mass is 16.5. The predicted molar refractivity (Wildman–Crippen MR) is 108 cm³/mol. The molecule has 0 fully saturated rings. The quantitative estimate of drug-likeness (QED) is 0.578. The Morgan fingerprint density at radius 2 is 1.75 bits per heavy atom. The lowest BCUT2D eigenvalue weighted by atomic mass is 10.2. The third-order valence-electron chi connectivity index (χ3n) is 3.63. The molecule has 7 nitrogen and oxygen atoms in total. The molecule has 7 heteroatoms. The topological polar surface area (TPSA) is 79.9 Å². The van der Waals surface area contributed by atoms with Crippen LogP contribution in [-0.2, 0) is 20.9 Å². The van der Waals surface area contributed by atoms with Gasteiger partial charge in [-0.1, -0.05) is 30.3 Å². The second-order valence-electron chi connectivity index (χ2n) is 6.48. The maximum absolute atomic E-state index is 11.9. The molecule has 2 aromatic rings. The van der Waals surface area contributed by atoms with Crippen molar-refractivity contribution in [1.29, 1.82) is 0 Å². The molecule has 2 aromatic carbocycles. The third kappa shape index (κ3) is 8.66. The fourth-order valence-electron chi connectivity index (χ4n) is 2.40. The summed E-state index contributed by atoms with van der Waals surface area (Å²) >= 11 is 0. The van der Waals surface area contributed by atoms with Crippen LogP contribution in [0.5, 0.6) is 5.75 Å². The van der Waals surface area contributed by atoms with E-state index in [1.54, 1.807) is 4.90 Å². The summed E-state index contributed by atoms with van der Waals surface area (Å²) in [6.07, 6.45) is 0. The van der Waals surface area contributed by atoms with Crippen molar-refractivity contribution in [2.45, 2.75) is 6.54 Å². The summed E-state index contributed by atoms with van der Waals surface area (Å²) in [7, 11) is 3.67. The van der Waals surface area contributed by atoms with Gasteiger partial charge in [0, 0.05) is 12.2 Å². The molecule has 0 aliphatic carbocycles. The lowest BCUT2D eigenvalue weighted by Crippen LogP contribution is -2.28. The summed E-state index contributed by atoms with van der Waals surface area (Å²) in [4.78, 5) is 25.5. The number of likely N-dealkylation sites (N-methyl/N-ethyl adjacent to an activating group) is 1. The molecule has 0 aliphatic heterocycles. The number of nitrogens with one attached hydrogen (secondary N) is 2. The molecule has 28 heavy (non-hydrogen) atoms. The van der Waals surface area contributed by atoms with Crippen molar-refractivity contribution in [2.75, 3.05) is 45.8 Å². The van der Waals surface area contributed by atoms with Gasteiger partial charge in [0.05, 0.1) is 13.2 Å². The van der Waals surface area contributed by atoms with Crippen LogP contribution >= 0.6 is 0 Å². The van der Waals surface area contributed by atoms with E-state index in [1.165, 1.54) is 0 Å². The molecule has 0 unspecified atom stereocenters. The maximum Gasteiger partial charge on any atom is 0.246 e. The van der Waals surface area contributed by atoms with Crippen LogP contribution in [0, 0.1) is 0 Å². The summed E-state index contributed by atoms with van der Waals surface area (Å²) < 4.78 is 10.8. The minimum absolute atomic E-state index is 0.0303. The summed E-state index contributed by atoms with van der Waals surface area (Å²) in [5.41, 5.74) is 1.59. The van der Waals surface area contributed by atoms with E-state index in [0.29, 0.717) is 32.0 Å². The van der Waals surface area contributed by atoms with Crippen LogP contribution in [0.25, 0.3) is 0 Å². The van der Waals surface area contributed by atoms with E-state index in [1.807, 2.05) is 68.7 Å². The first-order chi connectivity index (χ1) is 13.5. The van der Waals surface area contributed by atoms with Gasteiger partial charge in [-0.05, 0) is 43.9 Å². The van der Waals surface area contributed by atoms with Crippen LogP contribution in [0.15, 0.2) is 54.6 Å². The van der Waals surface area contributed by atoms with Crippen LogP contribution in [-0.4, -0.2) is 57.2 Å². The molecule has 0 atom stereocenters. The predicted octanol–water partition coefficient (Wildman–Crippen LogP) is 1.90. The number of nitrogens with zero attached hydrogens (tertiary/aromatic N) is 1. The smallest absolute Gasteiger partial charge is 0.246 e. The number of para-hydroxylation sites is 1. The summed E-state index contributed by atoms with van der Waals surface area (Å²) in [6.45, 7) is 1.35. The first kappa shape index (κ1) is 21.4. The molecule has 2 N–H and O–H groups in total. The monoisotopic (exact) mass is 385 g/mol. The number of anilines is 1. The molecule has 2 amide bonds. The molecule has 0 heterocycles. The largest absolute Gasteiger partial charge is 0.491 e. The van der Waals surface area contributed by atoms with E-state index in [0.717, 1.165) is 11.3 Å². The van der Waals surface area contributed by atoms with Gasteiger partial charge in [0.1, 0.15) is 19.0 Å². The highest BCUT2D eigenvalue weighted by molar-refractivity contribution is 5.92. The van der Waals surface area contributed by atoms with Crippen molar-refractivity contribution in [1.82, 2.24) is 10.2 Å². The normalized spacial score (nSPS) is 10.5. The van der Waals surface area contributed by atoms with Crippen molar-refractivity contribution in [3.63, 3.8) is 0 Å². The Morgan fingerprint density at radius 1 is 0.964 bits per heavy atom. The Balaban J connectivity index is 1.64. The van der Waals surface area contributed by atoms with Gasteiger partial charge in [0.2, 0.25) is 11.8 Å². The van der Waals surface area contributed by atoms with Crippen LogP contribution in [0.2, 0.25) is 0 Å². The minimum Gasteiger partial charge on any atom is -0.491 e. The Labute approximate surface area is 165 Å². The average Bonchev–Trinajstić information content (AvgIpc) is 2.66. The lowest BCUT2D eigenvalue weighted by molar-refractivity contribution is -0.126. The van der Waals surface area contributed by atoms with Crippen molar-refractivity contribution in [3.05, 3.63) is 60.2 Å². The summed E-state index contributed by atoms with van der Waals surface area (Å²) in [6, 6.07) is 16.8. The molecule has 0 saturated heterocycles. The molecule has 0 radical (unpaired) electrons. The van der Waals surface area contributed by atoms with E-state index < -0.39 is 0 Å². The summed E-state index contributed by atoms with van der Waals surface area (Å²) in [5.74, 6) is 0.479. The number of rotatable bonds is 11. The van der Waals surface area contributed by atoms with E-state index in [2.05, 4.69) is 10.6 Å². The van der Waals surface area contributed by atoms with Crippen molar-refractivity contribution in [2.24, 2.45) is 0 Å². The van der Waals surface area contributed by atoms with Crippen molar-refractivity contribution < 1.29 is 19.1 Å². The van der Waals surface area contributed by atoms with Gasteiger partial charge in [-0.3, -0.25) is 9.59 Å². The number of hydrogen-bond donors (Lipinski definition) is 2. The fourth-order valence-corrected chi connectivity index (χ4v) is 2.40. The number of ether oxygens (including phenoxy) is 2. The Hall–Kier alpha value is -2.90. The number of hydrogen-bond acceptors (Lipinski definition) is 5. The van der Waals surface area contributed by atoms with Gasteiger partial charge in [-0.25, -0.2) is 0 Å². The van der Waals surface area contributed by atoms with Gasteiger partial charge >= 0.3 is 0 Å². The van der Waals surface area contributed by atoms with Crippen LogP contribution < -0.4 is 15.4 Å². The molecule has 0 spiro atoms. The van der Waals surface area contributed by atoms with E-state index in [-0.39, 0.29) is 18.4 Å². The molecule has 150 valence electrons. The summed E-state index contributed by atoms with van der Waals surface area (Å²) in [5, 5.41) is 5.63. The highest BCUT2D eigenvalue weighted by Crippen LogP contribution is 2.10.